The molecular weight excluding hydrogens is 851 g/mol. The molecule has 0 aliphatic rings. The van der Waals surface area contributed by atoms with Crippen LogP contribution in [0, 0.1) is 0 Å². The van der Waals surface area contributed by atoms with Crippen LogP contribution in [-0.2, 0) is 54.5 Å². The first-order chi connectivity index (χ1) is 25.9. The second-order valence-corrected chi connectivity index (χ2v) is 18.7. The highest BCUT2D eigenvalue weighted by atomic mass is 32.3. The number of rotatable bonds is 17. The van der Waals surface area contributed by atoms with Crippen molar-refractivity contribution in [1.29, 1.82) is 0 Å². The fourth-order valence-corrected chi connectivity index (χ4v) is 8.22. The fraction of sp³-hybridized carbons (Fsp3) is 0.172. The van der Waals surface area contributed by atoms with Gasteiger partial charge in [0.25, 0.3) is 20.2 Å². The SMILES string of the molecule is C=CS(=O)(=O)c1ccccc1/N=N/c1c(NCS(=O)(=O)O)ccc2c(O)c(/N=N/c3cc(OC)c(S(=O)(=O)CCOS(=O)(=O)O)cc3OC)c(S(=O)(=O)O)cc12. The van der Waals surface area contributed by atoms with Crippen LogP contribution in [0.4, 0.5) is 28.4 Å². The van der Waals surface area contributed by atoms with Crippen molar-refractivity contribution >= 4 is 89.5 Å². The van der Waals surface area contributed by atoms with Gasteiger partial charge in [-0.1, -0.05) is 18.7 Å². The predicted molar refractivity (Wildman–Crippen MR) is 197 cm³/mol. The van der Waals surface area contributed by atoms with Crippen molar-refractivity contribution in [3.8, 4) is 17.2 Å². The Bertz CT molecular complexity index is 2850. The van der Waals surface area contributed by atoms with E-state index in [9.17, 15) is 56.3 Å². The number of fused-ring (bicyclic) bond motifs is 1. The molecule has 4 rings (SSSR count). The average Bonchev–Trinajstić information content (AvgIpc) is 3.10. The van der Waals surface area contributed by atoms with Gasteiger partial charge in [-0.05, 0) is 30.3 Å². The zero-order valence-corrected chi connectivity index (χ0v) is 32.6. The number of benzene rings is 4. The van der Waals surface area contributed by atoms with E-state index in [0.717, 1.165) is 44.6 Å². The Kier molecular flexibility index (Phi) is 12.9. The van der Waals surface area contributed by atoms with E-state index in [0.29, 0.717) is 5.41 Å². The Balaban J connectivity index is 1.95. The van der Waals surface area contributed by atoms with Gasteiger partial charge in [-0.2, -0.15) is 25.3 Å². The van der Waals surface area contributed by atoms with E-state index in [1.165, 1.54) is 24.3 Å². The van der Waals surface area contributed by atoms with E-state index >= 15 is 0 Å². The molecule has 0 atom stereocenters. The molecule has 0 radical (unpaired) electrons. The van der Waals surface area contributed by atoms with E-state index in [2.05, 4.69) is 36.5 Å². The topological polar surface area (TPSA) is 341 Å². The molecule has 27 heteroatoms. The lowest BCUT2D eigenvalue weighted by atomic mass is 10.1. The van der Waals surface area contributed by atoms with Crippen molar-refractivity contribution in [3.63, 3.8) is 0 Å². The van der Waals surface area contributed by atoms with E-state index in [1.807, 2.05) is 0 Å². The minimum Gasteiger partial charge on any atom is -0.505 e. The average molecular weight is 880 g/mol. The van der Waals surface area contributed by atoms with Gasteiger partial charge >= 0.3 is 10.4 Å². The molecular formula is C29H29N5O17S5. The van der Waals surface area contributed by atoms with Crippen molar-refractivity contribution in [3.05, 3.63) is 66.6 Å². The predicted octanol–water partition coefficient (Wildman–Crippen LogP) is 4.41. The number of phenolic OH excluding ortho intramolecular Hbond substituents is 1. The van der Waals surface area contributed by atoms with Crippen molar-refractivity contribution in [1.82, 2.24) is 0 Å². The molecule has 4 aromatic carbocycles. The van der Waals surface area contributed by atoms with Crippen LogP contribution in [0.5, 0.6) is 17.2 Å². The van der Waals surface area contributed by atoms with Gasteiger partial charge in [0.2, 0.25) is 9.84 Å². The second kappa shape index (κ2) is 16.5. The van der Waals surface area contributed by atoms with Gasteiger partial charge in [-0.3, -0.25) is 13.7 Å². The summed E-state index contributed by atoms with van der Waals surface area (Å²) >= 11 is 0. The van der Waals surface area contributed by atoms with Crippen LogP contribution in [0.1, 0.15) is 0 Å². The zero-order chi connectivity index (χ0) is 41.9. The number of methoxy groups -OCH3 is 2. The number of azo groups is 2. The summed E-state index contributed by atoms with van der Waals surface area (Å²) in [7, 11) is -21.3. The number of hydrogen-bond acceptors (Lipinski definition) is 19. The number of sulfone groups is 2. The lowest BCUT2D eigenvalue weighted by molar-refractivity contribution is 0.283. The Morgan fingerprint density at radius 1 is 0.714 bits per heavy atom. The maximum atomic E-state index is 13.0. The smallest absolute Gasteiger partial charge is 0.397 e. The largest absolute Gasteiger partial charge is 0.505 e. The van der Waals surface area contributed by atoms with Crippen LogP contribution in [0.2, 0.25) is 0 Å². The molecule has 4 aromatic rings. The monoisotopic (exact) mass is 879 g/mol. The molecule has 5 N–H and O–H groups in total. The van der Waals surface area contributed by atoms with Gasteiger partial charge in [0, 0.05) is 28.3 Å². The van der Waals surface area contributed by atoms with Gasteiger partial charge in [0.1, 0.15) is 49.9 Å². The summed E-state index contributed by atoms with van der Waals surface area (Å²) in [5.41, 5.74) is -2.13. The number of hydrogen-bond donors (Lipinski definition) is 5. The van der Waals surface area contributed by atoms with Crippen LogP contribution in [0.25, 0.3) is 10.8 Å². The maximum absolute atomic E-state index is 13.0. The molecule has 0 aliphatic carbocycles. The molecule has 0 aliphatic heterocycles. The molecule has 0 heterocycles. The van der Waals surface area contributed by atoms with E-state index in [4.69, 9.17) is 14.0 Å². The Morgan fingerprint density at radius 2 is 1.34 bits per heavy atom. The van der Waals surface area contributed by atoms with Crippen molar-refractivity contribution in [2.75, 3.05) is 37.8 Å². The lowest BCUT2D eigenvalue weighted by Gasteiger charge is -2.14. The summed E-state index contributed by atoms with van der Waals surface area (Å²) < 4.78 is 164. The van der Waals surface area contributed by atoms with Crippen molar-refractivity contribution < 1.29 is 74.5 Å². The third-order valence-electron chi connectivity index (χ3n) is 7.22. The quantitative estimate of drug-likeness (QED) is 0.0724. The first-order valence-electron chi connectivity index (χ1n) is 14.8. The standard InChI is InChI=1S/C29H29N5O17S5/c1-4-52(36,37)24-8-6-5-7-19(24)31-33-27-18-13-26(55(43,44)45)28(29(35)17(18)9-10-20(27)30-16-54(40,41)42)34-32-21-14-23(50-3)25(15-22(21)49-2)53(38,39)12-11-51-56(46,47)48/h4-10,13-15,30,35H,1,11-12,16H2,2-3H3,(H,40,41,42)(H,43,44,45)(H,46,47,48)/b33-31+,34-32+. The molecule has 0 saturated carbocycles. The van der Waals surface area contributed by atoms with Crippen molar-refractivity contribution in [2.45, 2.75) is 14.7 Å². The van der Waals surface area contributed by atoms with Crippen LogP contribution >= 0.6 is 0 Å². The number of ether oxygens (including phenoxy) is 2. The number of phenols is 1. The van der Waals surface area contributed by atoms with E-state index in [1.54, 1.807) is 0 Å². The summed E-state index contributed by atoms with van der Waals surface area (Å²) in [6.45, 7) is 2.29. The normalized spacial score (nSPS) is 13.0. The fourth-order valence-electron chi connectivity index (χ4n) is 4.73. The molecule has 0 saturated heterocycles. The third kappa shape index (κ3) is 10.4. The summed E-state index contributed by atoms with van der Waals surface area (Å²) in [6, 6.07) is 10.1. The summed E-state index contributed by atoms with van der Waals surface area (Å²) in [4.78, 5) is -2.00. The van der Waals surface area contributed by atoms with Gasteiger partial charge in [0.15, 0.2) is 15.6 Å². The van der Waals surface area contributed by atoms with Crippen LogP contribution in [0.15, 0.2) is 102 Å². The summed E-state index contributed by atoms with van der Waals surface area (Å²) in [5, 5.41) is 29.4. The van der Waals surface area contributed by atoms with Gasteiger partial charge in [0.05, 0.1) is 37.2 Å². The Hall–Kier alpha value is -5.13. The minimum absolute atomic E-state index is 0.241. The molecule has 0 aromatic heterocycles. The van der Waals surface area contributed by atoms with E-state index in [-0.39, 0.29) is 38.5 Å². The molecule has 0 amide bonds. The lowest BCUT2D eigenvalue weighted by Crippen LogP contribution is -2.16. The minimum atomic E-state index is -5.33. The number of nitrogens with zero attached hydrogens (tertiary/aromatic N) is 4. The Morgan fingerprint density at radius 3 is 1.93 bits per heavy atom. The van der Waals surface area contributed by atoms with Gasteiger partial charge in [-0.25, -0.2) is 21.0 Å². The first-order valence-corrected chi connectivity index (χ1v) is 22.4. The second-order valence-electron chi connectivity index (χ2n) is 10.8. The molecule has 0 spiro atoms. The number of aromatic hydroxyl groups is 1. The molecule has 22 nitrogen and oxygen atoms in total. The highest BCUT2D eigenvalue weighted by Gasteiger charge is 2.27. The first kappa shape index (κ1) is 43.6. The van der Waals surface area contributed by atoms with Crippen LogP contribution in [-0.4, -0.2) is 93.3 Å². The zero-order valence-electron chi connectivity index (χ0n) is 28.5. The van der Waals surface area contributed by atoms with Gasteiger partial charge < -0.3 is 19.9 Å². The van der Waals surface area contributed by atoms with Gasteiger partial charge in [-0.15, -0.1) is 20.5 Å². The third-order valence-corrected chi connectivity index (χ3v) is 12.2. The maximum Gasteiger partial charge on any atom is 0.397 e. The Labute approximate surface area is 319 Å². The molecule has 302 valence electrons. The number of anilines is 1. The highest BCUT2D eigenvalue weighted by Crippen LogP contribution is 2.47. The number of nitrogens with one attached hydrogen (secondary N) is 1. The summed E-state index contributed by atoms with van der Waals surface area (Å²) in [6.07, 6.45) is 0. The molecule has 0 fully saturated rings. The van der Waals surface area contributed by atoms with Crippen LogP contribution in [0.3, 0.4) is 0 Å². The molecule has 56 heavy (non-hydrogen) atoms. The van der Waals surface area contributed by atoms with Crippen molar-refractivity contribution in [2.24, 2.45) is 20.5 Å². The molecule has 0 unspecified atom stereocenters. The van der Waals surface area contributed by atoms with E-state index < -0.39 is 101 Å². The molecule has 0 bridgehead atoms. The highest BCUT2D eigenvalue weighted by molar-refractivity contribution is 7.94. The van der Waals surface area contributed by atoms with Crippen LogP contribution < -0.4 is 14.8 Å². The summed E-state index contributed by atoms with van der Waals surface area (Å²) in [5.74, 6) is -3.74.